The summed E-state index contributed by atoms with van der Waals surface area (Å²) in [6, 6.07) is 4.60. The van der Waals surface area contributed by atoms with Gasteiger partial charge in [0.2, 0.25) is 11.8 Å². The zero-order chi connectivity index (χ0) is 18.4. The third-order valence-electron chi connectivity index (χ3n) is 3.12. The summed E-state index contributed by atoms with van der Waals surface area (Å²) < 4.78 is 16.0. The standard InChI is InChI=1S/C15H18N4O5S/c1-8(12(20)17-14(21)16-2)25-15-19-18-13(24-15)9-5-10(22-3)7-11(6-9)23-4/h5-8H,1-4H3,(H2,16,17,20,21)/t8-/m0/s1. The summed E-state index contributed by atoms with van der Waals surface area (Å²) in [6.45, 7) is 1.63. The van der Waals surface area contributed by atoms with Crippen LogP contribution in [0.15, 0.2) is 27.8 Å². The predicted octanol–water partition coefficient (Wildman–Crippen LogP) is 1.69. The van der Waals surface area contributed by atoms with E-state index in [1.54, 1.807) is 39.3 Å². The number of urea groups is 1. The van der Waals surface area contributed by atoms with E-state index in [0.717, 1.165) is 11.8 Å². The van der Waals surface area contributed by atoms with E-state index in [9.17, 15) is 9.59 Å². The Kier molecular flexibility index (Phi) is 6.23. The topological polar surface area (TPSA) is 116 Å². The number of imide groups is 1. The molecule has 2 N–H and O–H groups in total. The smallest absolute Gasteiger partial charge is 0.321 e. The number of methoxy groups -OCH3 is 2. The molecule has 1 aromatic carbocycles. The zero-order valence-corrected chi connectivity index (χ0v) is 15.0. The Morgan fingerprint density at radius 3 is 2.36 bits per heavy atom. The summed E-state index contributed by atoms with van der Waals surface area (Å²) in [6.07, 6.45) is 0. The number of aromatic nitrogens is 2. The molecule has 9 nitrogen and oxygen atoms in total. The number of hydrogen-bond donors (Lipinski definition) is 2. The molecule has 1 atom stereocenters. The first kappa shape index (κ1) is 18.6. The van der Waals surface area contributed by atoms with E-state index in [1.807, 2.05) is 0 Å². The second-order valence-corrected chi connectivity index (χ2v) is 6.09. The number of nitrogens with zero attached hydrogens (tertiary/aromatic N) is 2. The number of carbonyl (C=O) groups excluding carboxylic acids is 2. The van der Waals surface area contributed by atoms with Gasteiger partial charge in [0.05, 0.1) is 19.5 Å². The lowest BCUT2D eigenvalue weighted by Gasteiger charge is -2.08. The normalized spacial score (nSPS) is 11.5. The van der Waals surface area contributed by atoms with E-state index < -0.39 is 17.2 Å². The van der Waals surface area contributed by atoms with Crippen molar-refractivity contribution in [1.82, 2.24) is 20.8 Å². The van der Waals surface area contributed by atoms with Gasteiger partial charge in [0.1, 0.15) is 11.5 Å². The van der Waals surface area contributed by atoms with Crippen molar-refractivity contribution in [3.63, 3.8) is 0 Å². The fraction of sp³-hybridized carbons (Fsp3) is 0.333. The first-order valence-corrected chi connectivity index (χ1v) is 8.11. The molecule has 10 heteroatoms. The van der Waals surface area contributed by atoms with E-state index in [2.05, 4.69) is 20.8 Å². The largest absolute Gasteiger partial charge is 0.497 e. The molecule has 0 saturated heterocycles. The van der Waals surface area contributed by atoms with Gasteiger partial charge in [0.15, 0.2) is 0 Å². The number of benzene rings is 1. The number of rotatable bonds is 6. The Morgan fingerprint density at radius 2 is 1.80 bits per heavy atom. The molecule has 0 saturated carbocycles. The van der Waals surface area contributed by atoms with Crippen LogP contribution in [0.4, 0.5) is 4.79 Å². The Balaban J connectivity index is 2.12. The minimum Gasteiger partial charge on any atom is -0.497 e. The van der Waals surface area contributed by atoms with Crippen LogP contribution in [0.2, 0.25) is 0 Å². The predicted molar refractivity (Wildman–Crippen MR) is 90.8 cm³/mol. The van der Waals surface area contributed by atoms with Crippen LogP contribution in [0.5, 0.6) is 11.5 Å². The molecule has 0 bridgehead atoms. The molecule has 0 aliphatic heterocycles. The molecule has 3 amide bonds. The van der Waals surface area contributed by atoms with Crippen LogP contribution in [0.1, 0.15) is 6.92 Å². The first-order valence-electron chi connectivity index (χ1n) is 7.23. The number of ether oxygens (including phenoxy) is 2. The molecule has 0 radical (unpaired) electrons. The minimum atomic E-state index is -0.592. The minimum absolute atomic E-state index is 0.205. The summed E-state index contributed by atoms with van der Waals surface area (Å²) in [5.41, 5.74) is 0.623. The quantitative estimate of drug-likeness (QED) is 0.742. The molecule has 134 valence electrons. The summed E-state index contributed by atoms with van der Waals surface area (Å²) in [5, 5.41) is 12.0. The average Bonchev–Trinajstić information content (AvgIpc) is 3.09. The summed E-state index contributed by atoms with van der Waals surface area (Å²) in [7, 11) is 4.51. The van der Waals surface area contributed by atoms with Gasteiger partial charge in [-0.1, -0.05) is 11.8 Å². The molecule has 0 aliphatic rings. The molecule has 25 heavy (non-hydrogen) atoms. The zero-order valence-electron chi connectivity index (χ0n) is 14.2. The van der Waals surface area contributed by atoms with E-state index >= 15 is 0 Å². The van der Waals surface area contributed by atoms with Crippen LogP contribution in [0, 0.1) is 0 Å². The first-order chi connectivity index (χ1) is 12.0. The Morgan fingerprint density at radius 1 is 1.16 bits per heavy atom. The molecular formula is C15H18N4O5S. The van der Waals surface area contributed by atoms with Crippen molar-refractivity contribution >= 4 is 23.7 Å². The third-order valence-corrected chi connectivity index (χ3v) is 4.05. The van der Waals surface area contributed by atoms with E-state index in [-0.39, 0.29) is 11.1 Å². The van der Waals surface area contributed by atoms with Gasteiger partial charge in [-0.3, -0.25) is 10.1 Å². The summed E-state index contributed by atoms with van der Waals surface area (Å²) >= 11 is 1.04. The van der Waals surface area contributed by atoms with Crippen molar-refractivity contribution in [2.24, 2.45) is 0 Å². The molecule has 2 aromatic rings. The van der Waals surface area contributed by atoms with Gasteiger partial charge >= 0.3 is 6.03 Å². The van der Waals surface area contributed by atoms with Gasteiger partial charge in [0, 0.05) is 18.7 Å². The molecular weight excluding hydrogens is 348 g/mol. The highest BCUT2D eigenvalue weighted by Gasteiger charge is 2.20. The second-order valence-electron chi connectivity index (χ2n) is 4.80. The van der Waals surface area contributed by atoms with Crippen LogP contribution >= 0.6 is 11.8 Å². The molecule has 2 rings (SSSR count). The number of carbonyl (C=O) groups is 2. The van der Waals surface area contributed by atoms with E-state index in [1.165, 1.54) is 7.05 Å². The molecule has 1 aromatic heterocycles. The second kappa shape index (κ2) is 8.38. The van der Waals surface area contributed by atoms with Crippen molar-refractivity contribution < 1.29 is 23.5 Å². The maximum atomic E-state index is 11.8. The lowest BCUT2D eigenvalue weighted by molar-refractivity contribution is -0.119. The van der Waals surface area contributed by atoms with Crippen molar-refractivity contribution in [1.29, 1.82) is 0 Å². The lowest BCUT2D eigenvalue weighted by Crippen LogP contribution is -2.41. The summed E-state index contributed by atoms with van der Waals surface area (Å²) in [4.78, 5) is 23.0. The number of thioether (sulfide) groups is 1. The van der Waals surface area contributed by atoms with Crippen molar-refractivity contribution in [2.75, 3.05) is 21.3 Å². The number of nitrogens with one attached hydrogen (secondary N) is 2. The van der Waals surface area contributed by atoms with Gasteiger partial charge in [-0.05, 0) is 19.1 Å². The van der Waals surface area contributed by atoms with Crippen molar-refractivity contribution in [3.05, 3.63) is 18.2 Å². The Bertz CT molecular complexity index is 742. The third kappa shape index (κ3) is 4.86. The van der Waals surface area contributed by atoms with Crippen LogP contribution in [0.25, 0.3) is 11.5 Å². The number of amides is 3. The molecule has 0 fully saturated rings. The molecule has 0 spiro atoms. The molecule has 0 unspecified atom stereocenters. The Hall–Kier alpha value is -2.75. The highest BCUT2D eigenvalue weighted by molar-refractivity contribution is 8.00. The van der Waals surface area contributed by atoms with Crippen LogP contribution in [-0.2, 0) is 4.79 Å². The highest BCUT2D eigenvalue weighted by atomic mass is 32.2. The monoisotopic (exact) mass is 366 g/mol. The van der Waals surface area contributed by atoms with Gasteiger partial charge in [-0.25, -0.2) is 4.79 Å². The average molecular weight is 366 g/mol. The van der Waals surface area contributed by atoms with Gasteiger partial charge in [-0.15, -0.1) is 10.2 Å². The van der Waals surface area contributed by atoms with Gasteiger partial charge in [-0.2, -0.15) is 0 Å². The van der Waals surface area contributed by atoms with E-state index in [0.29, 0.717) is 17.1 Å². The summed E-state index contributed by atoms with van der Waals surface area (Å²) in [5.74, 6) is 0.964. The van der Waals surface area contributed by atoms with Gasteiger partial charge < -0.3 is 19.2 Å². The van der Waals surface area contributed by atoms with Crippen molar-refractivity contribution in [3.8, 4) is 23.0 Å². The molecule has 0 aliphatic carbocycles. The van der Waals surface area contributed by atoms with Crippen LogP contribution in [-0.4, -0.2) is 48.7 Å². The highest BCUT2D eigenvalue weighted by Crippen LogP contribution is 2.31. The van der Waals surface area contributed by atoms with E-state index in [4.69, 9.17) is 13.9 Å². The van der Waals surface area contributed by atoms with Crippen LogP contribution in [0.3, 0.4) is 0 Å². The number of hydrogen-bond acceptors (Lipinski definition) is 8. The van der Waals surface area contributed by atoms with Crippen LogP contribution < -0.4 is 20.1 Å². The molecule has 1 heterocycles. The van der Waals surface area contributed by atoms with Crippen molar-refractivity contribution in [2.45, 2.75) is 17.4 Å². The maximum absolute atomic E-state index is 11.8. The fourth-order valence-electron chi connectivity index (χ4n) is 1.79. The maximum Gasteiger partial charge on any atom is 0.321 e. The Labute approximate surface area is 148 Å². The lowest BCUT2D eigenvalue weighted by atomic mass is 10.2. The van der Waals surface area contributed by atoms with Gasteiger partial charge in [0.25, 0.3) is 5.22 Å². The SMILES string of the molecule is CNC(=O)NC(=O)[C@H](C)Sc1nnc(-c2cc(OC)cc(OC)c2)o1. The fourth-order valence-corrected chi connectivity index (χ4v) is 2.47.